The molecule has 0 aliphatic carbocycles. The van der Waals surface area contributed by atoms with Gasteiger partial charge in [0.25, 0.3) is 0 Å². The van der Waals surface area contributed by atoms with Crippen molar-refractivity contribution in [3.05, 3.63) is 48.6 Å². The van der Waals surface area contributed by atoms with Gasteiger partial charge in [0.15, 0.2) is 0 Å². The second kappa shape index (κ2) is 10.6. The van der Waals surface area contributed by atoms with E-state index >= 15 is 0 Å². The summed E-state index contributed by atoms with van der Waals surface area (Å²) in [5.74, 6) is -3.95. The lowest BCUT2D eigenvalue weighted by molar-refractivity contribution is -0.156. The maximum absolute atomic E-state index is 14.8. The summed E-state index contributed by atoms with van der Waals surface area (Å²) in [7, 11) is 0. The molecule has 1 aromatic rings. The van der Waals surface area contributed by atoms with Crippen molar-refractivity contribution >= 4 is 33.7 Å². The number of benzene rings is 1. The van der Waals surface area contributed by atoms with Crippen LogP contribution in [0.15, 0.2) is 43.0 Å². The first-order valence-electron chi connectivity index (χ1n) is 13.6. The number of hydrogen-bond acceptors (Lipinski definition) is 5. The number of rotatable bonds is 10. The Morgan fingerprint density at radius 1 is 1.26 bits per heavy atom. The number of likely N-dealkylation sites (tertiary alicyclic amines) is 1. The van der Waals surface area contributed by atoms with Gasteiger partial charge in [0, 0.05) is 16.9 Å². The summed E-state index contributed by atoms with van der Waals surface area (Å²) in [6.45, 7) is 14.1. The fourth-order valence-corrected chi connectivity index (χ4v) is 8.41. The molecule has 0 aromatic heterocycles. The first-order valence-corrected chi connectivity index (χ1v) is 14.5. The SMILES string of the molecule is C=CCN(C(=O)[C@@H]1N([C@@H](CO)Cc2ccccc2)C(=O)[C@H]2[C@H](C(=O)O)[C@H]3O[C@@]12CC3Br)C(C)(C)CC(C)(C)C. The summed E-state index contributed by atoms with van der Waals surface area (Å²) >= 11 is 3.60. The third kappa shape index (κ3) is 5.18. The zero-order chi connectivity index (χ0) is 28.9. The summed E-state index contributed by atoms with van der Waals surface area (Å²) in [5.41, 5.74) is -1.09. The molecular weight excluding hydrogens is 564 g/mol. The van der Waals surface area contributed by atoms with Crippen molar-refractivity contribution in [3.63, 3.8) is 0 Å². The van der Waals surface area contributed by atoms with Gasteiger partial charge in [0.1, 0.15) is 11.6 Å². The number of carbonyl (C=O) groups is 3. The molecule has 4 rings (SSSR count). The van der Waals surface area contributed by atoms with E-state index in [9.17, 15) is 24.6 Å². The lowest BCUT2D eigenvalue weighted by atomic mass is 9.70. The normalized spacial score (nSPS) is 30.8. The van der Waals surface area contributed by atoms with Gasteiger partial charge in [-0.25, -0.2) is 0 Å². The van der Waals surface area contributed by atoms with E-state index in [1.807, 2.05) is 44.2 Å². The number of aliphatic carboxylic acids is 1. The van der Waals surface area contributed by atoms with Gasteiger partial charge in [-0.05, 0) is 44.1 Å². The zero-order valence-electron chi connectivity index (χ0n) is 23.5. The standard InChI is InChI=1S/C30H41BrN2O6/c1-7-13-32(29(5,6)17-28(2,3)4)26(36)24-30-15-20(31)23(39-30)21(27(37)38)22(30)25(35)33(24)19(16-34)14-18-11-9-8-10-12-18/h7-12,19-24,34H,1,13-17H2,2-6H3,(H,37,38)/t19-,20?,21+,22-,23+,24+,30-/m1/s1. The van der Waals surface area contributed by atoms with Crippen LogP contribution in [0.4, 0.5) is 0 Å². The van der Waals surface area contributed by atoms with E-state index in [0.717, 1.165) is 5.56 Å². The lowest BCUT2D eigenvalue weighted by Crippen LogP contribution is -2.63. The first kappa shape index (κ1) is 29.7. The molecule has 0 saturated carbocycles. The van der Waals surface area contributed by atoms with Crippen molar-refractivity contribution in [3.8, 4) is 0 Å². The minimum Gasteiger partial charge on any atom is -0.481 e. The van der Waals surface area contributed by atoms with E-state index in [1.165, 1.54) is 4.90 Å². The Balaban J connectivity index is 1.84. The van der Waals surface area contributed by atoms with E-state index in [0.29, 0.717) is 19.3 Å². The molecule has 2 amide bonds. The molecule has 3 aliphatic rings. The largest absolute Gasteiger partial charge is 0.481 e. The summed E-state index contributed by atoms with van der Waals surface area (Å²) in [4.78, 5) is 44.3. The van der Waals surface area contributed by atoms with Crippen LogP contribution in [0.3, 0.4) is 0 Å². The topological polar surface area (TPSA) is 107 Å². The van der Waals surface area contributed by atoms with Crippen molar-refractivity contribution in [2.45, 2.75) is 88.0 Å². The number of alkyl halides is 1. The number of aliphatic hydroxyl groups excluding tert-OH is 1. The Hall–Kier alpha value is -2.23. The summed E-state index contributed by atoms with van der Waals surface area (Å²) in [6, 6.07) is 7.66. The average Bonchev–Trinajstić information content (AvgIpc) is 3.43. The molecule has 39 heavy (non-hydrogen) atoms. The Morgan fingerprint density at radius 3 is 2.44 bits per heavy atom. The molecule has 3 heterocycles. The van der Waals surface area contributed by atoms with Crippen LogP contribution >= 0.6 is 15.9 Å². The fraction of sp³-hybridized carbons (Fsp3) is 0.633. The molecule has 1 spiro atoms. The molecule has 1 unspecified atom stereocenters. The van der Waals surface area contributed by atoms with Gasteiger partial charge in [-0.2, -0.15) is 0 Å². The minimum absolute atomic E-state index is 0.0895. The summed E-state index contributed by atoms with van der Waals surface area (Å²) < 4.78 is 6.45. The van der Waals surface area contributed by atoms with Crippen molar-refractivity contribution in [1.29, 1.82) is 0 Å². The quantitative estimate of drug-likeness (QED) is 0.312. The van der Waals surface area contributed by atoms with Gasteiger partial charge in [0.2, 0.25) is 11.8 Å². The third-order valence-corrected chi connectivity index (χ3v) is 9.28. The molecule has 214 valence electrons. The van der Waals surface area contributed by atoms with Crippen molar-refractivity contribution < 1.29 is 29.3 Å². The summed E-state index contributed by atoms with van der Waals surface area (Å²) in [5, 5.41) is 20.8. The maximum atomic E-state index is 14.8. The zero-order valence-corrected chi connectivity index (χ0v) is 25.1. The second-order valence-corrected chi connectivity index (χ2v) is 14.2. The van der Waals surface area contributed by atoms with E-state index < -0.39 is 53.0 Å². The van der Waals surface area contributed by atoms with Crippen LogP contribution in [0.25, 0.3) is 0 Å². The molecule has 8 nitrogen and oxygen atoms in total. The number of carboxylic acid groups (broad SMARTS) is 1. The van der Waals surface area contributed by atoms with Crippen molar-refractivity contribution in [1.82, 2.24) is 9.80 Å². The predicted octanol–water partition coefficient (Wildman–Crippen LogP) is 3.65. The highest BCUT2D eigenvalue weighted by atomic mass is 79.9. The van der Waals surface area contributed by atoms with Gasteiger partial charge in [-0.1, -0.05) is 73.1 Å². The van der Waals surface area contributed by atoms with E-state index in [2.05, 4.69) is 43.3 Å². The van der Waals surface area contributed by atoms with Crippen LogP contribution in [0.5, 0.6) is 0 Å². The fourth-order valence-electron chi connectivity index (χ4n) is 7.46. The van der Waals surface area contributed by atoms with Crippen molar-refractivity contribution in [2.75, 3.05) is 13.2 Å². The van der Waals surface area contributed by atoms with Gasteiger partial charge in [-0.3, -0.25) is 14.4 Å². The Morgan fingerprint density at radius 2 is 1.90 bits per heavy atom. The van der Waals surface area contributed by atoms with Gasteiger partial charge in [0.05, 0.1) is 30.6 Å². The molecule has 0 radical (unpaired) electrons. The monoisotopic (exact) mass is 604 g/mol. The highest BCUT2D eigenvalue weighted by molar-refractivity contribution is 9.09. The van der Waals surface area contributed by atoms with Crippen LogP contribution in [0, 0.1) is 17.3 Å². The molecule has 2 N–H and O–H groups in total. The average molecular weight is 606 g/mol. The third-order valence-electron chi connectivity index (χ3n) is 8.44. The van der Waals surface area contributed by atoms with E-state index in [-0.39, 0.29) is 29.3 Å². The van der Waals surface area contributed by atoms with E-state index in [1.54, 1.807) is 11.0 Å². The Labute approximate surface area is 239 Å². The highest BCUT2D eigenvalue weighted by Crippen LogP contribution is 2.60. The predicted molar refractivity (Wildman–Crippen MR) is 151 cm³/mol. The van der Waals surface area contributed by atoms with Crippen LogP contribution in [0.2, 0.25) is 0 Å². The molecule has 3 fully saturated rings. The van der Waals surface area contributed by atoms with Crippen LogP contribution in [0.1, 0.15) is 53.0 Å². The first-order chi connectivity index (χ1) is 18.2. The number of nitrogens with zero attached hydrogens (tertiary/aromatic N) is 2. The van der Waals surface area contributed by atoms with Crippen molar-refractivity contribution in [2.24, 2.45) is 17.3 Å². The van der Waals surface area contributed by atoms with Gasteiger partial charge >= 0.3 is 5.97 Å². The number of fused-ring (bicyclic) bond motifs is 1. The number of aliphatic hydroxyl groups is 1. The molecule has 1 aromatic carbocycles. The van der Waals surface area contributed by atoms with Gasteiger partial charge < -0.3 is 24.7 Å². The highest BCUT2D eigenvalue weighted by Gasteiger charge is 2.77. The number of halogens is 1. The number of carboxylic acids is 1. The number of carbonyl (C=O) groups excluding carboxylic acids is 2. The number of ether oxygens (including phenoxy) is 1. The second-order valence-electron chi connectivity index (χ2n) is 13.1. The maximum Gasteiger partial charge on any atom is 0.310 e. The van der Waals surface area contributed by atoms with Gasteiger partial charge in [-0.15, -0.1) is 6.58 Å². The number of hydrogen-bond donors (Lipinski definition) is 2. The Bertz CT molecular complexity index is 1120. The smallest absolute Gasteiger partial charge is 0.310 e. The lowest BCUT2D eigenvalue weighted by Gasteiger charge is -2.46. The molecular formula is C30H41BrN2O6. The van der Waals surface area contributed by atoms with Crippen LogP contribution in [-0.4, -0.2) is 85.1 Å². The number of amides is 2. The van der Waals surface area contributed by atoms with Crippen LogP contribution in [-0.2, 0) is 25.5 Å². The van der Waals surface area contributed by atoms with E-state index in [4.69, 9.17) is 4.74 Å². The molecule has 3 aliphatic heterocycles. The summed E-state index contributed by atoms with van der Waals surface area (Å²) in [6.07, 6.45) is 2.29. The molecule has 2 bridgehead atoms. The Kier molecular flexibility index (Phi) is 8.11. The molecule has 7 atom stereocenters. The minimum atomic E-state index is -1.31. The van der Waals surface area contributed by atoms with Crippen LogP contribution < -0.4 is 0 Å². The molecule has 3 saturated heterocycles. The molecule has 9 heteroatoms.